The van der Waals surface area contributed by atoms with Crippen LogP contribution in [0.3, 0.4) is 0 Å². The Hall–Kier alpha value is -2.55. The Labute approximate surface area is 159 Å². The Bertz CT molecular complexity index is 722. The molecule has 26 heavy (non-hydrogen) atoms. The normalized spacial score (nSPS) is 9.38. The molecule has 2 aromatic rings. The number of benzene rings is 2. The summed E-state index contributed by atoms with van der Waals surface area (Å²) in [7, 11) is 0. The first-order chi connectivity index (χ1) is 12.0. The predicted octanol–water partition coefficient (Wildman–Crippen LogP) is 6.03. The maximum absolute atomic E-state index is 11.1. The molecule has 4 N–H and O–H groups in total. The molecule has 0 aliphatic heterocycles. The molecular formula is C23H34N2O. The number of aryl methyl sites for hydroxylation is 4. The Morgan fingerprint density at radius 1 is 0.769 bits per heavy atom. The standard InChI is InChI=1S/C11H15N.C10H13NO.C2H6/c1-7(2)10-6-8(3)5-9(4)11(10)12;1-6-4-7(2)10(11)9(5-6)8(3)12;1-2/h5-6H,1,12H2,2-4H3;4-5H,11H2,1-3H3;1-2H3. The molecule has 0 amide bonds. The molecule has 0 aliphatic carbocycles. The smallest absolute Gasteiger partial charge is 0.161 e. The Kier molecular flexibility index (Phi) is 9.42. The first-order valence-electron chi connectivity index (χ1n) is 8.94. The van der Waals surface area contributed by atoms with E-state index in [-0.39, 0.29) is 5.78 Å². The van der Waals surface area contributed by atoms with Gasteiger partial charge in [0, 0.05) is 22.5 Å². The summed E-state index contributed by atoms with van der Waals surface area (Å²) in [4.78, 5) is 11.1. The lowest BCUT2D eigenvalue weighted by molar-refractivity contribution is 0.101. The molecule has 0 bridgehead atoms. The van der Waals surface area contributed by atoms with Gasteiger partial charge in [-0.3, -0.25) is 4.79 Å². The van der Waals surface area contributed by atoms with Crippen LogP contribution >= 0.6 is 0 Å². The Balaban J connectivity index is 0.000000439. The molecule has 0 saturated carbocycles. The summed E-state index contributed by atoms with van der Waals surface area (Å²) in [5.41, 5.74) is 20.2. The van der Waals surface area contributed by atoms with Crippen molar-refractivity contribution >= 4 is 22.7 Å². The van der Waals surface area contributed by atoms with Gasteiger partial charge in [-0.25, -0.2) is 0 Å². The van der Waals surface area contributed by atoms with Crippen LogP contribution in [0.25, 0.3) is 5.57 Å². The molecule has 0 saturated heterocycles. The minimum Gasteiger partial charge on any atom is -0.398 e. The molecule has 142 valence electrons. The van der Waals surface area contributed by atoms with Gasteiger partial charge in [0.1, 0.15) is 0 Å². The molecule has 0 fully saturated rings. The second-order valence-corrected chi connectivity index (χ2v) is 6.42. The molecule has 0 aromatic heterocycles. The van der Waals surface area contributed by atoms with Gasteiger partial charge in [0.25, 0.3) is 0 Å². The minimum absolute atomic E-state index is 0.0271. The summed E-state index contributed by atoms with van der Waals surface area (Å²) in [6.45, 7) is 19.4. The number of allylic oxidation sites excluding steroid dienone is 1. The quantitative estimate of drug-likeness (QED) is 0.511. The molecule has 2 rings (SSSR count). The van der Waals surface area contributed by atoms with Crippen LogP contribution in [0.15, 0.2) is 30.8 Å². The maximum Gasteiger partial charge on any atom is 0.161 e. The van der Waals surface area contributed by atoms with E-state index in [1.165, 1.54) is 12.5 Å². The van der Waals surface area contributed by atoms with E-state index < -0.39 is 0 Å². The molecular weight excluding hydrogens is 320 g/mol. The number of carbonyl (C=O) groups excluding carboxylic acids is 1. The number of hydrogen-bond acceptors (Lipinski definition) is 3. The van der Waals surface area contributed by atoms with Crippen molar-refractivity contribution in [2.45, 2.75) is 55.4 Å². The minimum atomic E-state index is 0.0271. The van der Waals surface area contributed by atoms with Gasteiger partial charge in [-0.1, -0.05) is 38.1 Å². The third-order valence-corrected chi connectivity index (χ3v) is 3.90. The number of nitrogen functional groups attached to an aromatic ring is 2. The van der Waals surface area contributed by atoms with Crippen molar-refractivity contribution in [2.24, 2.45) is 0 Å². The lowest BCUT2D eigenvalue weighted by Gasteiger charge is -2.09. The maximum atomic E-state index is 11.1. The highest BCUT2D eigenvalue weighted by molar-refractivity contribution is 5.99. The van der Waals surface area contributed by atoms with E-state index in [0.29, 0.717) is 11.3 Å². The molecule has 0 heterocycles. The number of Topliss-reactive ketones (excluding diaryl/α,β-unsaturated/α-hetero) is 1. The van der Waals surface area contributed by atoms with Crippen LogP contribution in [-0.2, 0) is 0 Å². The zero-order valence-corrected chi connectivity index (χ0v) is 17.6. The highest BCUT2D eigenvalue weighted by Gasteiger charge is 2.07. The third kappa shape index (κ3) is 6.40. The van der Waals surface area contributed by atoms with E-state index in [9.17, 15) is 4.79 Å². The third-order valence-electron chi connectivity index (χ3n) is 3.90. The molecule has 0 aliphatic rings. The summed E-state index contributed by atoms with van der Waals surface area (Å²) < 4.78 is 0. The largest absolute Gasteiger partial charge is 0.398 e. The van der Waals surface area contributed by atoms with Crippen LogP contribution in [0.1, 0.15) is 65.9 Å². The SMILES string of the molecule is C=C(C)c1cc(C)cc(C)c1N.CC.CC(=O)c1cc(C)cc(C)c1N. The van der Waals surface area contributed by atoms with E-state index in [0.717, 1.165) is 33.5 Å². The molecule has 3 nitrogen and oxygen atoms in total. The van der Waals surface area contributed by atoms with E-state index in [1.807, 2.05) is 53.7 Å². The average molecular weight is 355 g/mol. The lowest BCUT2D eigenvalue weighted by atomic mass is 10.0. The summed E-state index contributed by atoms with van der Waals surface area (Å²) in [6, 6.07) is 7.96. The van der Waals surface area contributed by atoms with Gasteiger partial charge in [-0.15, -0.1) is 0 Å². The van der Waals surface area contributed by atoms with Gasteiger partial charge >= 0.3 is 0 Å². The molecule has 0 radical (unpaired) electrons. The van der Waals surface area contributed by atoms with Gasteiger partial charge < -0.3 is 11.5 Å². The highest BCUT2D eigenvalue weighted by Crippen LogP contribution is 2.24. The summed E-state index contributed by atoms with van der Waals surface area (Å²) in [6.07, 6.45) is 0. The first-order valence-corrected chi connectivity index (χ1v) is 8.94. The van der Waals surface area contributed by atoms with Crippen LogP contribution < -0.4 is 11.5 Å². The van der Waals surface area contributed by atoms with E-state index >= 15 is 0 Å². The van der Waals surface area contributed by atoms with Crippen LogP contribution in [0.4, 0.5) is 11.4 Å². The lowest BCUT2D eigenvalue weighted by Crippen LogP contribution is -2.02. The number of hydrogen-bond donors (Lipinski definition) is 2. The summed E-state index contributed by atoms with van der Waals surface area (Å²) in [5.74, 6) is 0.0271. The van der Waals surface area contributed by atoms with Gasteiger partial charge in [-0.05, 0) is 75.9 Å². The zero-order chi connectivity index (χ0) is 20.6. The Morgan fingerprint density at radius 2 is 1.12 bits per heavy atom. The van der Waals surface area contributed by atoms with Crippen LogP contribution in [0, 0.1) is 27.7 Å². The van der Waals surface area contributed by atoms with E-state index in [2.05, 4.69) is 25.6 Å². The topological polar surface area (TPSA) is 69.1 Å². The molecule has 3 heteroatoms. The van der Waals surface area contributed by atoms with Gasteiger partial charge in [0.05, 0.1) is 0 Å². The van der Waals surface area contributed by atoms with E-state index in [1.54, 1.807) is 0 Å². The van der Waals surface area contributed by atoms with Crippen molar-refractivity contribution in [3.05, 3.63) is 64.2 Å². The number of carbonyl (C=O) groups is 1. The van der Waals surface area contributed by atoms with Crippen molar-refractivity contribution in [2.75, 3.05) is 11.5 Å². The average Bonchev–Trinajstić information content (AvgIpc) is 2.56. The van der Waals surface area contributed by atoms with Crippen LogP contribution in [0.2, 0.25) is 0 Å². The zero-order valence-electron chi connectivity index (χ0n) is 17.6. The monoisotopic (exact) mass is 354 g/mol. The van der Waals surface area contributed by atoms with Crippen molar-refractivity contribution in [3.8, 4) is 0 Å². The molecule has 2 aromatic carbocycles. The number of anilines is 2. The fourth-order valence-corrected chi connectivity index (χ4v) is 2.60. The van der Waals surface area contributed by atoms with Gasteiger partial charge in [0.15, 0.2) is 5.78 Å². The number of rotatable bonds is 2. The second kappa shape index (κ2) is 10.4. The van der Waals surface area contributed by atoms with Crippen LogP contribution in [-0.4, -0.2) is 5.78 Å². The van der Waals surface area contributed by atoms with Crippen molar-refractivity contribution < 1.29 is 4.79 Å². The molecule has 0 unspecified atom stereocenters. The van der Waals surface area contributed by atoms with Crippen molar-refractivity contribution in [1.82, 2.24) is 0 Å². The van der Waals surface area contributed by atoms with Crippen molar-refractivity contribution in [3.63, 3.8) is 0 Å². The molecule has 0 atom stereocenters. The van der Waals surface area contributed by atoms with Gasteiger partial charge in [-0.2, -0.15) is 0 Å². The number of nitrogens with two attached hydrogens (primary N) is 2. The Morgan fingerprint density at radius 3 is 1.46 bits per heavy atom. The second-order valence-electron chi connectivity index (χ2n) is 6.42. The number of ketones is 1. The van der Waals surface area contributed by atoms with Crippen molar-refractivity contribution in [1.29, 1.82) is 0 Å². The fraction of sp³-hybridized carbons (Fsp3) is 0.348. The predicted molar refractivity (Wildman–Crippen MR) is 117 cm³/mol. The van der Waals surface area contributed by atoms with Gasteiger partial charge in [0.2, 0.25) is 0 Å². The van der Waals surface area contributed by atoms with Crippen LogP contribution in [0.5, 0.6) is 0 Å². The highest BCUT2D eigenvalue weighted by atomic mass is 16.1. The fourth-order valence-electron chi connectivity index (χ4n) is 2.60. The first kappa shape index (κ1) is 23.4. The van der Waals surface area contributed by atoms with E-state index in [4.69, 9.17) is 11.5 Å². The summed E-state index contributed by atoms with van der Waals surface area (Å²) >= 11 is 0. The summed E-state index contributed by atoms with van der Waals surface area (Å²) in [5, 5.41) is 0. The molecule has 0 spiro atoms.